The molecular weight excluding hydrogens is 601 g/mol. The number of carbonyl (C=O) groups excluding carboxylic acids is 1. The summed E-state index contributed by atoms with van der Waals surface area (Å²) in [5.74, 6) is 0.106. The molecule has 0 spiro atoms. The number of ether oxygens (including phenoxy) is 2. The van der Waals surface area contributed by atoms with Gasteiger partial charge in [-0.3, -0.25) is 4.79 Å². The number of hydrogen-bond acceptors (Lipinski definition) is 6. The van der Waals surface area contributed by atoms with Crippen molar-refractivity contribution in [2.45, 2.75) is 46.0 Å². The smallest absolute Gasteiger partial charge is 0.155 e. The summed E-state index contributed by atoms with van der Waals surface area (Å²) in [4.78, 5) is 23.5. The van der Waals surface area contributed by atoms with E-state index in [1.807, 2.05) is 6.07 Å². The predicted octanol–water partition coefficient (Wildman–Crippen LogP) is 9.00. The molecule has 0 radical (unpaired) electrons. The van der Waals surface area contributed by atoms with Gasteiger partial charge in [-0.05, 0) is 93.0 Å². The van der Waals surface area contributed by atoms with Crippen LogP contribution in [-0.2, 0) is 14.3 Å². The van der Waals surface area contributed by atoms with Gasteiger partial charge in [0.05, 0.1) is 35.6 Å². The largest absolute Gasteiger partial charge is 0.381 e. The number of nitrogens with zero attached hydrogens (tertiary/aromatic N) is 3. The summed E-state index contributed by atoms with van der Waals surface area (Å²) in [6.45, 7) is 20.2. The van der Waals surface area contributed by atoms with Crippen LogP contribution in [0.25, 0.3) is 39.1 Å². The summed E-state index contributed by atoms with van der Waals surface area (Å²) >= 11 is 0. The maximum atomic E-state index is 13.8. The van der Waals surface area contributed by atoms with Crippen molar-refractivity contribution >= 4 is 22.4 Å². The van der Waals surface area contributed by atoms with Gasteiger partial charge in [0.15, 0.2) is 5.78 Å². The zero-order valence-corrected chi connectivity index (χ0v) is 28.3. The normalized spacial score (nSPS) is 13.5. The molecule has 1 aliphatic rings. The summed E-state index contributed by atoms with van der Waals surface area (Å²) in [6, 6.07) is 20.9. The van der Waals surface area contributed by atoms with Crippen molar-refractivity contribution in [3.05, 3.63) is 115 Å². The molecule has 4 aromatic rings. The van der Waals surface area contributed by atoms with Crippen LogP contribution in [0.2, 0.25) is 0 Å². The molecule has 0 aliphatic carbocycles. The van der Waals surface area contributed by atoms with Crippen LogP contribution in [0.4, 0.5) is 4.39 Å². The molecule has 1 aromatic heterocycles. The fourth-order valence-corrected chi connectivity index (χ4v) is 6.04. The number of ketones is 1. The van der Waals surface area contributed by atoms with E-state index in [1.54, 1.807) is 12.1 Å². The number of aryl methyl sites for hydroxylation is 1. The highest BCUT2D eigenvalue weighted by atomic mass is 19.1. The van der Waals surface area contributed by atoms with E-state index in [4.69, 9.17) is 19.4 Å². The lowest BCUT2D eigenvalue weighted by Gasteiger charge is -2.35. The van der Waals surface area contributed by atoms with E-state index in [1.165, 1.54) is 24.6 Å². The average Bonchev–Trinajstić information content (AvgIpc) is 3.09. The molecular formula is C41H46FN3O3. The molecule has 6 nitrogen and oxygen atoms in total. The van der Waals surface area contributed by atoms with Crippen molar-refractivity contribution in [3.63, 3.8) is 0 Å². The van der Waals surface area contributed by atoms with Crippen LogP contribution in [0, 0.1) is 18.7 Å². The Labute approximate surface area is 284 Å². The first-order chi connectivity index (χ1) is 23.2. The van der Waals surface area contributed by atoms with Crippen LogP contribution in [0.3, 0.4) is 0 Å². The standard InChI is InChI=1S/C41H46FN3O3/c1-28-8-10-34(11-9-28)40-41(35-12-15-37(42)16-13-35)44-39-25-36(14-17-38(39)43-40)32(5)33-18-21-45(22-19-33)30(3)20-24-47-23-6-7-29(2)26-48-27-31(4)46/h8-17,25,33H,2-3,5-7,18-24,26-27H2,1,4H3. The average molecular weight is 648 g/mol. The van der Waals surface area contributed by atoms with E-state index in [-0.39, 0.29) is 18.2 Å². The van der Waals surface area contributed by atoms with E-state index in [0.717, 1.165) is 101 Å². The maximum Gasteiger partial charge on any atom is 0.155 e. The van der Waals surface area contributed by atoms with Gasteiger partial charge in [0.1, 0.15) is 12.4 Å². The monoisotopic (exact) mass is 647 g/mol. The topological polar surface area (TPSA) is 64.6 Å². The zero-order valence-electron chi connectivity index (χ0n) is 28.3. The number of rotatable bonds is 16. The molecule has 0 N–H and O–H groups in total. The summed E-state index contributed by atoms with van der Waals surface area (Å²) in [5.41, 5.74) is 10.3. The SMILES string of the molecule is C=C(CCCOCCC(=C)N1CCC(C(=C)c2ccc3nc(-c4ccc(C)cc4)c(-c4ccc(F)cc4)nc3c2)CC1)COCC(C)=O. The molecule has 0 amide bonds. The minimum Gasteiger partial charge on any atom is -0.381 e. The van der Waals surface area contributed by atoms with E-state index in [0.29, 0.717) is 25.7 Å². The molecule has 0 atom stereocenters. The van der Waals surface area contributed by atoms with Crippen molar-refractivity contribution in [2.75, 3.05) is 39.5 Å². The van der Waals surface area contributed by atoms with Crippen LogP contribution in [0.1, 0.15) is 50.2 Å². The molecule has 48 heavy (non-hydrogen) atoms. The van der Waals surface area contributed by atoms with Gasteiger partial charge in [-0.25, -0.2) is 14.4 Å². The number of halogens is 1. The Morgan fingerprint density at radius 3 is 2.15 bits per heavy atom. The molecule has 0 bridgehead atoms. The number of piperidine rings is 1. The minimum absolute atomic E-state index is 0.0210. The van der Waals surface area contributed by atoms with Gasteiger partial charge in [-0.1, -0.05) is 61.2 Å². The highest BCUT2D eigenvalue weighted by Gasteiger charge is 2.23. The Bertz CT molecular complexity index is 1760. The Balaban J connectivity index is 1.15. The third-order valence-corrected chi connectivity index (χ3v) is 8.88. The summed E-state index contributed by atoms with van der Waals surface area (Å²) in [7, 11) is 0. The molecule has 250 valence electrons. The highest BCUT2D eigenvalue weighted by molar-refractivity contribution is 5.88. The van der Waals surface area contributed by atoms with Crippen molar-refractivity contribution in [1.82, 2.24) is 14.9 Å². The minimum atomic E-state index is -0.283. The Hall–Kier alpha value is -4.46. The molecule has 1 saturated heterocycles. The second kappa shape index (κ2) is 16.6. The van der Waals surface area contributed by atoms with Crippen LogP contribution in [0.5, 0.6) is 0 Å². The number of benzene rings is 3. The van der Waals surface area contributed by atoms with E-state index >= 15 is 0 Å². The maximum absolute atomic E-state index is 13.8. The van der Waals surface area contributed by atoms with Gasteiger partial charge >= 0.3 is 0 Å². The molecule has 5 rings (SSSR count). The first-order valence-electron chi connectivity index (χ1n) is 16.8. The quantitative estimate of drug-likeness (QED) is 0.0894. The van der Waals surface area contributed by atoms with E-state index < -0.39 is 0 Å². The van der Waals surface area contributed by atoms with Crippen LogP contribution in [0.15, 0.2) is 97.7 Å². The molecule has 2 heterocycles. The third kappa shape index (κ3) is 9.33. The van der Waals surface area contributed by atoms with Gasteiger partial charge in [0.2, 0.25) is 0 Å². The Kier molecular flexibility index (Phi) is 12.0. The Morgan fingerprint density at radius 1 is 0.833 bits per heavy atom. The van der Waals surface area contributed by atoms with Crippen LogP contribution < -0.4 is 0 Å². The Morgan fingerprint density at radius 2 is 1.48 bits per heavy atom. The third-order valence-electron chi connectivity index (χ3n) is 8.88. The van der Waals surface area contributed by atoms with Crippen molar-refractivity contribution in [1.29, 1.82) is 0 Å². The number of aromatic nitrogens is 2. The first-order valence-corrected chi connectivity index (χ1v) is 16.8. The van der Waals surface area contributed by atoms with E-state index in [2.05, 4.69) is 68.0 Å². The van der Waals surface area contributed by atoms with E-state index in [9.17, 15) is 9.18 Å². The fraction of sp³-hybridized carbons (Fsp3) is 0.341. The molecule has 3 aromatic carbocycles. The van der Waals surface area contributed by atoms with Crippen LogP contribution >= 0.6 is 0 Å². The van der Waals surface area contributed by atoms with Gasteiger partial charge < -0.3 is 14.4 Å². The molecule has 1 aliphatic heterocycles. The van der Waals surface area contributed by atoms with Crippen LogP contribution in [-0.4, -0.2) is 60.2 Å². The number of allylic oxidation sites excluding steroid dienone is 1. The lowest BCUT2D eigenvalue weighted by atomic mass is 9.85. The number of likely N-dealkylation sites (tertiary alicyclic amines) is 1. The highest BCUT2D eigenvalue weighted by Crippen LogP contribution is 2.35. The second-order valence-electron chi connectivity index (χ2n) is 12.8. The summed E-state index contributed by atoms with van der Waals surface area (Å²) in [6.07, 6.45) is 4.51. The number of Topliss-reactive ketones (excluding diaryl/α,β-unsaturated/α-hetero) is 1. The van der Waals surface area contributed by atoms with Crippen molar-refractivity contribution in [2.24, 2.45) is 5.92 Å². The van der Waals surface area contributed by atoms with Gasteiger partial charge in [0.25, 0.3) is 0 Å². The molecule has 7 heteroatoms. The predicted molar refractivity (Wildman–Crippen MR) is 193 cm³/mol. The lowest BCUT2D eigenvalue weighted by Crippen LogP contribution is -2.33. The number of fused-ring (bicyclic) bond motifs is 1. The van der Waals surface area contributed by atoms with Crippen molar-refractivity contribution in [3.8, 4) is 22.5 Å². The first kappa shape index (κ1) is 34.9. The van der Waals surface area contributed by atoms with Gasteiger partial charge in [0, 0.05) is 42.9 Å². The van der Waals surface area contributed by atoms with Gasteiger partial charge in [-0.2, -0.15) is 0 Å². The molecule has 0 unspecified atom stereocenters. The lowest BCUT2D eigenvalue weighted by molar-refractivity contribution is -0.121. The zero-order chi connectivity index (χ0) is 34.0. The fourth-order valence-electron chi connectivity index (χ4n) is 6.04. The van der Waals surface area contributed by atoms with Crippen molar-refractivity contribution < 1.29 is 18.7 Å². The number of hydrogen-bond donors (Lipinski definition) is 0. The second-order valence-corrected chi connectivity index (χ2v) is 12.8. The van der Waals surface area contributed by atoms with Gasteiger partial charge in [-0.15, -0.1) is 0 Å². The summed E-state index contributed by atoms with van der Waals surface area (Å²) < 4.78 is 25.0. The molecule has 0 saturated carbocycles. The molecule has 1 fully saturated rings. The summed E-state index contributed by atoms with van der Waals surface area (Å²) in [5, 5.41) is 0. The number of carbonyl (C=O) groups is 1.